The average molecular weight is 224 g/mol. The van der Waals surface area contributed by atoms with Crippen LogP contribution in [0.1, 0.15) is 19.4 Å². The monoisotopic (exact) mass is 224 g/mol. The van der Waals surface area contributed by atoms with Crippen LogP contribution in [-0.4, -0.2) is 25.9 Å². The van der Waals surface area contributed by atoms with Crippen molar-refractivity contribution >= 4 is 0 Å². The van der Waals surface area contributed by atoms with Crippen molar-refractivity contribution in [2.75, 3.05) is 20.8 Å². The highest BCUT2D eigenvalue weighted by molar-refractivity contribution is 5.31. The van der Waals surface area contributed by atoms with Gasteiger partial charge in [0.25, 0.3) is 0 Å². The molecule has 0 aliphatic rings. The predicted octanol–water partition coefficient (Wildman–Crippen LogP) is 2.19. The second kappa shape index (κ2) is 5.32. The van der Waals surface area contributed by atoms with Gasteiger partial charge >= 0.3 is 0 Å². The van der Waals surface area contributed by atoms with Gasteiger partial charge in [-0.1, -0.05) is 26.0 Å². The van der Waals surface area contributed by atoms with Crippen molar-refractivity contribution in [2.45, 2.75) is 19.4 Å². The minimum Gasteiger partial charge on any atom is -0.497 e. The van der Waals surface area contributed by atoms with Crippen LogP contribution in [-0.2, 0) is 10.3 Å². The third-order valence-corrected chi connectivity index (χ3v) is 2.91. The van der Waals surface area contributed by atoms with Gasteiger partial charge in [0.15, 0.2) is 0 Å². The number of rotatable bonds is 5. The quantitative estimate of drug-likeness (QED) is 0.833. The fourth-order valence-corrected chi connectivity index (χ4v) is 1.68. The van der Waals surface area contributed by atoms with Crippen LogP contribution in [0.15, 0.2) is 24.3 Å². The molecule has 0 fully saturated rings. The van der Waals surface area contributed by atoms with E-state index in [1.807, 2.05) is 38.1 Å². The van der Waals surface area contributed by atoms with Crippen molar-refractivity contribution in [3.05, 3.63) is 29.8 Å². The molecule has 1 unspecified atom stereocenters. The van der Waals surface area contributed by atoms with Crippen LogP contribution in [0.25, 0.3) is 0 Å². The topological polar surface area (TPSA) is 38.7 Å². The summed E-state index contributed by atoms with van der Waals surface area (Å²) in [5.74, 6) is 0.869. The Hall–Kier alpha value is -1.06. The van der Waals surface area contributed by atoms with E-state index in [4.69, 9.17) is 9.47 Å². The number of aliphatic hydroxyl groups is 1. The molecule has 0 aliphatic heterocycles. The molecular formula is C13H20O3. The number of ether oxygens (including phenoxy) is 2. The Morgan fingerprint density at radius 2 is 1.75 bits per heavy atom. The second-order valence-corrected chi connectivity index (χ2v) is 4.24. The number of hydrogen-bond donors (Lipinski definition) is 1. The van der Waals surface area contributed by atoms with E-state index in [0.717, 1.165) is 11.3 Å². The lowest BCUT2D eigenvalue weighted by molar-refractivity contribution is -0.0700. The maximum atomic E-state index is 10.6. The van der Waals surface area contributed by atoms with Gasteiger partial charge in [0.05, 0.1) is 13.7 Å². The van der Waals surface area contributed by atoms with Crippen LogP contribution in [0.5, 0.6) is 5.75 Å². The van der Waals surface area contributed by atoms with E-state index in [0.29, 0.717) is 0 Å². The molecule has 0 aromatic heterocycles. The van der Waals surface area contributed by atoms with Crippen molar-refractivity contribution in [3.63, 3.8) is 0 Å². The van der Waals surface area contributed by atoms with Crippen LogP contribution < -0.4 is 4.74 Å². The first-order chi connectivity index (χ1) is 7.54. The van der Waals surface area contributed by atoms with E-state index < -0.39 is 5.60 Å². The summed E-state index contributed by atoms with van der Waals surface area (Å²) in [5.41, 5.74) is -0.0914. The summed E-state index contributed by atoms with van der Waals surface area (Å²) in [6.07, 6.45) is 0. The molecule has 0 heterocycles. The lowest BCUT2D eigenvalue weighted by atomic mass is 9.84. The Morgan fingerprint density at radius 3 is 2.12 bits per heavy atom. The van der Waals surface area contributed by atoms with Gasteiger partial charge in [-0.15, -0.1) is 0 Å². The number of hydrogen-bond acceptors (Lipinski definition) is 3. The molecule has 90 valence electrons. The third-order valence-electron chi connectivity index (χ3n) is 2.91. The van der Waals surface area contributed by atoms with Crippen LogP contribution in [0.3, 0.4) is 0 Å². The summed E-state index contributed by atoms with van der Waals surface area (Å²) in [5, 5.41) is 10.6. The lowest BCUT2D eigenvalue weighted by Crippen LogP contribution is -2.36. The minimum absolute atomic E-state index is 0.0841. The Kier molecular flexibility index (Phi) is 4.33. The maximum absolute atomic E-state index is 10.6. The molecule has 0 radical (unpaired) electrons. The second-order valence-electron chi connectivity index (χ2n) is 4.24. The number of methoxy groups -OCH3 is 2. The molecule has 0 saturated heterocycles. The molecular weight excluding hydrogens is 204 g/mol. The van der Waals surface area contributed by atoms with E-state index >= 15 is 0 Å². The van der Waals surface area contributed by atoms with Crippen molar-refractivity contribution < 1.29 is 14.6 Å². The van der Waals surface area contributed by atoms with Gasteiger partial charge in [0.1, 0.15) is 11.4 Å². The van der Waals surface area contributed by atoms with Crippen LogP contribution in [0.2, 0.25) is 0 Å². The molecule has 1 N–H and O–H groups in total. The smallest absolute Gasteiger partial charge is 0.118 e. The van der Waals surface area contributed by atoms with E-state index in [2.05, 4.69) is 0 Å². The van der Waals surface area contributed by atoms with Gasteiger partial charge < -0.3 is 14.6 Å². The van der Waals surface area contributed by atoms with E-state index in [9.17, 15) is 5.11 Å². The largest absolute Gasteiger partial charge is 0.497 e. The third kappa shape index (κ3) is 2.54. The molecule has 1 atom stereocenters. The molecule has 3 heteroatoms. The molecule has 1 aromatic rings. The summed E-state index contributed by atoms with van der Waals surface area (Å²) in [4.78, 5) is 0. The number of benzene rings is 1. The molecule has 0 aliphatic carbocycles. The van der Waals surface area contributed by atoms with Gasteiger partial charge in [0, 0.05) is 7.11 Å². The molecule has 0 bridgehead atoms. The van der Waals surface area contributed by atoms with E-state index in [-0.39, 0.29) is 12.5 Å². The van der Waals surface area contributed by atoms with Gasteiger partial charge in [-0.3, -0.25) is 0 Å². The SMILES string of the molecule is COCC(O)(c1ccc(OC)cc1)C(C)C. The molecule has 0 saturated carbocycles. The first-order valence-corrected chi connectivity index (χ1v) is 5.40. The normalized spacial score (nSPS) is 14.9. The van der Waals surface area contributed by atoms with Crippen LogP contribution >= 0.6 is 0 Å². The summed E-state index contributed by atoms with van der Waals surface area (Å²) in [6.45, 7) is 4.24. The first kappa shape index (κ1) is 13.0. The fourth-order valence-electron chi connectivity index (χ4n) is 1.68. The van der Waals surface area contributed by atoms with E-state index in [1.54, 1.807) is 14.2 Å². The van der Waals surface area contributed by atoms with Crippen LogP contribution in [0, 0.1) is 5.92 Å². The van der Waals surface area contributed by atoms with Crippen LogP contribution in [0.4, 0.5) is 0 Å². The van der Waals surface area contributed by atoms with Crippen molar-refractivity contribution in [2.24, 2.45) is 5.92 Å². The minimum atomic E-state index is -0.943. The van der Waals surface area contributed by atoms with Crippen molar-refractivity contribution in [1.29, 1.82) is 0 Å². The molecule has 16 heavy (non-hydrogen) atoms. The standard InChI is InChI=1S/C13H20O3/c1-10(2)13(14,9-15-3)11-5-7-12(16-4)8-6-11/h5-8,10,14H,9H2,1-4H3. The molecule has 1 rings (SSSR count). The zero-order valence-corrected chi connectivity index (χ0v) is 10.4. The molecule has 3 nitrogen and oxygen atoms in total. The predicted molar refractivity (Wildman–Crippen MR) is 63.6 cm³/mol. The highest BCUT2D eigenvalue weighted by Gasteiger charge is 2.33. The summed E-state index contributed by atoms with van der Waals surface area (Å²) >= 11 is 0. The summed E-state index contributed by atoms with van der Waals surface area (Å²) in [6, 6.07) is 7.44. The molecule has 0 amide bonds. The van der Waals surface area contributed by atoms with Crippen molar-refractivity contribution in [3.8, 4) is 5.75 Å². The fraction of sp³-hybridized carbons (Fsp3) is 0.538. The zero-order valence-electron chi connectivity index (χ0n) is 10.4. The highest BCUT2D eigenvalue weighted by atomic mass is 16.5. The Bertz CT molecular complexity index is 318. The Morgan fingerprint density at radius 1 is 1.19 bits per heavy atom. The van der Waals surface area contributed by atoms with Gasteiger partial charge in [-0.25, -0.2) is 0 Å². The van der Waals surface area contributed by atoms with Gasteiger partial charge in [-0.2, -0.15) is 0 Å². The summed E-state index contributed by atoms with van der Waals surface area (Å²) in [7, 11) is 3.22. The van der Waals surface area contributed by atoms with Gasteiger partial charge in [0.2, 0.25) is 0 Å². The zero-order chi connectivity index (χ0) is 12.2. The first-order valence-electron chi connectivity index (χ1n) is 5.40. The maximum Gasteiger partial charge on any atom is 0.118 e. The Balaban J connectivity index is 3.01. The highest BCUT2D eigenvalue weighted by Crippen LogP contribution is 2.30. The lowest BCUT2D eigenvalue weighted by Gasteiger charge is -2.32. The van der Waals surface area contributed by atoms with E-state index in [1.165, 1.54) is 0 Å². The average Bonchev–Trinajstić information content (AvgIpc) is 2.29. The molecule has 1 aromatic carbocycles. The van der Waals surface area contributed by atoms with Crippen molar-refractivity contribution in [1.82, 2.24) is 0 Å². The summed E-state index contributed by atoms with van der Waals surface area (Å²) < 4.78 is 10.2. The molecule has 0 spiro atoms. The Labute approximate surface area is 97.0 Å². The van der Waals surface area contributed by atoms with Gasteiger partial charge in [-0.05, 0) is 23.6 Å².